The zero-order valence-electron chi connectivity index (χ0n) is 15.2. The molecule has 6 nitrogen and oxygen atoms in total. The minimum atomic E-state index is -0.219. The fourth-order valence-electron chi connectivity index (χ4n) is 2.98. The van der Waals surface area contributed by atoms with Crippen LogP contribution in [-0.2, 0) is 6.54 Å². The summed E-state index contributed by atoms with van der Waals surface area (Å²) in [6, 6.07) is 9.19. The highest BCUT2D eigenvalue weighted by atomic mass is 35.5. The summed E-state index contributed by atoms with van der Waals surface area (Å²) in [5, 5.41) is 3.53. The van der Waals surface area contributed by atoms with Gasteiger partial charge in [0.2, 0.25) is 5.95 Å². The number of carbonyl (C=O) groups is 1. The predicted octanol–water partition coefficient (Wildman–Crippen LogP) is 2.51. The third kappa shape index (κ3) is 4.51. The van der Waals surface area contributed by atoms with Gasteiger partial charge in [-0.3, -0.25) is 4.79 Å². The van der Waals surface area contributed by atoms with E-state index in [9.17, 15) is 4.79 Å². The molecule has 2 heterocycles. The molecule has 138 valence electrons. The Morgan fingerprint density at radius 2 is 1.92 bits per heavy atom. The fourth-order valence-corrected chi connectivity index (χ4v) is 3.19. The van der Waals surface area contributed by atoms with Crippen LogP contribution >= 0.6 is 11.6 Å². The molecule has 7 heteroatoms. The maximum Gasteiger partial charge on any atom is 0.270 e. The van der Waals surface area contributed by atoms with E-state index in [1.165, 1.54) is 0 Å². The molecule has 0 spiro atoms. The molecular formula is C19H24ClN5O. The van der Waals surface area contributed by atoms with Crippen LogP contribution in [0, 0.1) is 6.92 Å². The maximum absolute atomic E-state index is 12.5. The van der Waals surface area contributed by atoms with Crippen LogP contribution in [0.5, 0.6) is 0 Å². The summed E-state index contributed by atoms with van der Waals surface area (Å²) < 4.78 is 0. The lowest BCUT2D eigenvalue weighted by molar-refractivity contribution is 0.0945. The van der Waals surface area contributed by atoms with Crippen molar-refractivity contribution in [3.8, 4) is 0 Å². The van der Waals surface area contributed by atoms with Crippen LogP contribution in [-0.4, -0.2) is 53.5 Å². The molecule has 0 unspecified atom stereocenters. The Balaban J connectivity index is 1.69. The van der Waals surface area contributed by atoms with Crippen LogP contribution in [0.2, 0.25) is 5.02 Å². The second-order valence-corrected chi connectivity index (χ2v) is 6.80. The van der Waals surface area contributed by atoms with E-state index < -0.39 is 0 Å². The summed E-state index contributed by atoms with van der Waals surface area (Å²) in [6.07, 6.45) is 0. The first kappa shape index (κ1) is 18.6. The molecule has 0 atom stereocenters. The van der Waals surface area contributed by atoms with E-state index in [-0.39, 0.29) is 5.91 Å². The molecule has 26 heavy (non-hydrogen) atoms. The van der Waals surface area contributed by atoms with Crippen LogP contribution in [0.4, 0.5) is 5.95 Å². The van der Waals surface area contributed by atoms with Gasteiger partial charge in [0.15, 0.2) is 0 Å². The lowest BCUT2D eigenvalue weighted by Crippen LogP contribution is -2.47. The SMILES string of the molecule is CCN1CCN(c2nc(C)cc(C(=O)NCc3ccccc3Cl)n2)CC1. The highest BCUT2D eigenvalue weighted by Gasteiger charge is 2.20. The first-order valence-electron chi connectivity index (χ1n) is 8.91. The molecule has 1 N–H and O–H groups in total. The van der Waals surface area contributed by atoms with Crippen molar-refractivity contribution in [2.75, 3.05) is 37.6 Å². The van der Waals surface area contributed by atoms with Gasteiger partial charge in [0.25, 0.3) is 5.91 Å². The summed E-state index contributed by atoms with van der Waals surface area (Å²) >= 11 is 6.14. The maximum atomic E-state index is 12.5. The van der Waals surface area contributed by atoms with Crippen LogP contribution < -0.4 is 10.2 Å². The number of aryl methyl sites for hydroxylation is 1. The second-order valence-electron chi connectivity index (χ2n) is 6.39. The number of aromatic nitrogens is 2. The van der Waals surface area contributed by atoms with E-state index in [1.807, 2.05) is 31.2 Å². The number of amides is 1. The average Bonchev–Trinajstić information content (AvgIpc) is 2.66. The largest absolute Gasteiger partial charge is 0.347 e. The van der Waals surface area contributed by atoms with E-state index in [0.29, 0.717) is 23.2 Å². The first-order chi connectivity index (χ1) is 12.6. The quantitative estimate of drug-likeness (QED) is 0.872. The summed E-state index contributed by atoms with van der Waals surface area (Å²) in [6.45, 7) is 9.20. The van der Waals surface area contributed by atoms with E-state index in [2.05, 4.69) is 32.0 Å². The number of rotatable bonds is 5. The smallest absolute Gasteiger partial charge is 0.270 e. The number of nitrogens with zero attached hydrogens (tertiary/aromatic N) is 4. The van der Waals surface area contributed by atoms with Crippen LogP contribution in [0.15, 0.2) is 30.3 Å². The first-order valence-corrected chi connectivity index (χ1v) is 9.29. The lowest BCUT2D eigenvalue weighted by Gasteiger charge is -2.34. The summed E-state index contributed by atoms with van der Waals surface area (Å²) in [4.78, 5) is 26.1. The molecule has 0 aliphatic carbocycles. The Morgan fingerprint density at radius 1 is 1.19 bits per heavy atom. The van der Waals surface area contributed by atoms with Gasteiger partial charge in [-0.2, -0.15) is 0 Å². The van der Waals surface area contributed by atoms with E-state index in [1.54, 1.807) is 6.07 Å². The average molecular weight is 374 g/mol. The molecule has 1 aromatic heterocycles. The Hall–Kier alpha value is -2.18. The Bertz CT molecular complexity index is 774. The predicted molar refractivity (Wildman–Crippen MR) is 104 cm³/mol. The van der Waals surface area contributed by atoms with Gasteiger partial charge in [-0.25, -0.2) is 9.97 Å². The van der Waals surface area contributed by atoms with Gasteiger partial charge in [-0.05, 0) is 31.2 Å². The molecular weight excluding hydrogens is 350 g/mol. The zero-order chi connectivity index (χ0) is 18.5. The Morgan fingerprint density at radius 3 is 2.62 bits per heavy atom. The van der Waals surface area contributed by atoms with Crippen molar-refractivity contribution in [1.29, 1.82) is 0 Å². The summed E-state index contributed by atoms with van der Waals surface area (Å²) in [5.74, 6) is 0.410. The van der Waals surface area contributed by atoms with Gasteiger partial charge in [0, 0.05) is 43.4 Å². The van der Waals surface area contributed by atoms with Gasteiger partial charge in [0.1, 0.15) is 5.69 Å². The zero-order valence-corrected chi connectivity index (χ0v) is 16.0. The summed E-state index contributed by atoms with van der Waals surface area (Å²) in [7, 11) is 0. The molecule has 2 aromatic rings. The molecule has 0 saturated carbocycles. The molecule has 1 aliphatic rings. The standard InChI is InChI=1S/C19H24ClN5O/c1-3-24-8-10-25(11-9-24)19-22-14(2)12-17(23-19)18(26)21-13-15-6-4-5-7-16(15)20/h4-7,12H,3,8-11,13H2,1-2H3,(H,21,26). The number of piperazine rings is 1. The topological polar surface area (TPSA) is 61.4 Å². The molecule has 0 radical (unpaired) electrons. The number of nitrogens with one attached hydrogen (secondary N) is 1. The highest BCUT2D eigenvalue weighted by Crippen LogP contribution is 2.16. The Kier molecular flexibility index (Phi) is 6.06. The van der Waals surface area contributed by atoms with Crippen molar-refractivity contribution in [1.82, 2.24) is 20.2 Å². The number of hydrogen-bond acceptors (Lipinski definition) is 5. The number of hydrogen-bond donors (Lipinski definition) is 1. The van der Waals surface area contributed by atoms with E-state index in [4.69, 9.17) is 11.6 Å². The van der Waals surface area contributed by atoms with Crippen LogP contribution in [0.1, 0.15) is 28.7 Å². The molecule has 3 rings (SSSR count). The fraction of sp³-hybridized carbons (Fsp3) is 0.421. The van der Waals surface area contributed by atoms with Crippen molar-refractivity contribution in [3.05, 3.63) is 52.3 Å². The molecule has 1 amide bonds. The number of carbonyl (C=O) groups excluding carboxylic acids is 1. The van der Waals surface area contributed by atoms with Crippen molar-refractivity contribution in [3.63, 3.8) is 0 Å². The number of halogens is 1. The van der Waals surface area contributed by atoms with Crippen molar-refractivity contribution >= 4 is 23.5 Å². The van der Waals surface area contributed by atoms with E-state index >= 15 is 0 Å². The molecule has 1 aliphatic heterocycles. The van der Waals surface area contributed by atoms with Crippen molar-refractivity contribution in [2.45, 2.75) is 20.4 Å². The monoisotopic (exact) mass is 373 g/mol. The van der Waals surface area contributed by atoms with Crippen molar-refractivity contribution in [2.24, 2.45) is 0 Å². The van der Waals surface area contributed by atoms with Crippen LogP contribution in [0.3, 0.4) is 0 Å². The number of likely N-dealkylation sites (N-methyl/N-ethyl adjacent to an activating group) is 1. The number of anilines is 1. The van der Waals surface area contributed by atoms with Crippen LogP contribution in [0.25, 0.3) is 0 Å². The highest BCUT2D eigenvalue weighted by molar-refractivity contribution is 6.31. The van der Waals surface area contributed by atoms with Gasteiger partial charge < -0.3 is 15.1 Å². The lowest BCUT2D eigenvalue weighted by atomic mass is 10.2. The molecule has 1 saturated heterocycles. The molecule has 1 aromatic carbocycles. The van der Waals surface area contributed by atoms with Crippen molar-refractivity contribution < 1.29 is 4.79 Å². The third-order valence-corrected chi connectivity index (χ3v) is 4.94. The van der Waals surface area contributed by atoms with Gasteiger partial charge in [-0.15, -0.1) is 0 Å². The Labute approximate surface area is 159 Å². The van der Waals surface area contributed by atoms with Gasteiger partial charge in [-0.1, -0.05) is 36.7 Å². The van der Waals surface area contributed by atoms with Gasteiger partial charge in [0.05, 0.1) is 0 Å². The third-order valence-electron chi connectivity index (χ3n) is 4.57. The molecule has 0 bridgehead atoms. The number of benzene rings is 1. The summed E-state index contributed by atoms with van der Waals surface area (Å²) in [5.41, 5.74) is 2.05. The van der Waals surface area contributed by atoms with E-state index in [0.717, 1.165) is 44.0 Å². The minimum Gasteiger partial charge on any atom is -0.347 e. The minimum absolute atomic E-state index is 0.219. The van der Waals surface area contributed by atoms with Gasteiger partial charge >= 0.3 is 0 Å². The normalized spacial score (nSPS) is 15.1. The molecule has 1 fully saturated rings. The second kappa shape index (κ2) is 8.47.